The molecule has 25 heavy (non-hydrogen) atoms. The zero-order chi connectivity index (χ0) is 17.4. The monoisotopic (exact) mass is 371 g/mol. The Bertz CT molecular complexity index is 931. The van der Waals surface area contributed by atoms with Crippen molar-refractivity contribution in [2.75, 3.05) is 11.9 Å². The number of rotatable bonds is 2. The molecule has 4 rings (SSSR count). The van der Waals surface area contributed by atoms with Gasteiger partial charge in [-0.05, 0) is 62.1 Å². The Labute approximate surface area is 157 Å². The molecule has 1 aliphatic heterocycles. The molecule has 0 amide bonds. The van der Waals surface area contributed by atoms with Gasteiger partial charge in [-0.15, -0.1) is 0 Å². The van der Waals surface area contributed by atoms with Gasteiger partial charge in [0, 0.05) is 22.7 Å². The fraction of sp³-hybridized carbons (Fsp3) is 0.250. The molecule has 2 heterocycles. The Balaban J connectivity index is 1.93. The molecule has 1 aromatic heterocycles. The topological polar surface area (TPSA) is 29.9 Å². The summed E-state index contributed by atoms with van der Waals surface area (Å²) in [6.45, 7) is 3.05. The molecular weight excluding hydrogens is 353 g/mol. The molecular formula is C20H19Cl2N3. The van der Waals surface area contributed by atoms with Gasteiger partial charge in [0.15, 0.2) is 0 Å². The molecule has 5 heteroatoms. The number of aromatic nitrogens is 2. The average molecular weight is 372 g/mol. The molecule has 2 aromatic carbocycles. The number of nitrogens with one attached hydrogen (secondary N) is 1. The lowest BCUT2D eigenvalue weighted by molar-refractivity contribution is 0.780. The third-order valence-corrected chi connectivity index (χ3v) is 5.11. The van der Waals surface area contributed by atoms with Crippen LogP contribution in [0.4, 0.5) is 5.82 Å². The summed E-state index contributed by atoms with van der Waals surface area (Å²) in [5.41, 5.74) is 5.36. The fourth-order valence-corrected chi connectivity index (χ4v) is 3.84. The van der Waals surface area contributed by atoms with Crippen LogP contribution in [-0.2, 0) is 6.42 Å². The maximum Gasteiger partial charge on any atom is 0.133 e. The Morgan fingerprint density at radius 3 is 2.76 bits per heavy atom. The van der Waals surface area contributed by atoms with Gasteiger partial charge in [-0.25, -0.2) is 4.68 Å². The molecule has 0 saturated heterocycles. The molecule has 0 fully saturated rings. The molecule has 0 aliphatic carbocycles. The summed E-state index contributed by atoms with van der Waals surface area (Å²) in [4.78, 5) is 0. The van der Waals surface area contributed by atoms with Crippen LogP contribution in [0.1, 0.15) is 24.0 Å². The molecule has 3 nitrogen and oxygen atoms in total. The normalized spacial score (nSPS) is 13.9. The average Bonchev–Trinajstić information content (AvgIpc) is 2.77. The molecule has 0 spiro atoms. The largest absolute Gasteiger partial charge is 0.370 e. The predicted molar refractivity (Wildman–Crippen MR) is 105 cm³/mol. The predicted octanol–water partition coefficient (Wildman–Crippen LogP) is 5.90. The van der Waals surface area contributed by atoms with Crippen LogP contribution >= 0.6 is 23.2 Å². The first-order valence-corrected chi connectivity index (χ1v) is 9.27. The molecule has 3 aromatic rings. The van der Waals surface area contributed by atoms with Crippen LogP contribution in [0, 0.1) is 6.92 Å². The maximum atomic E-state index is 6.47. The van der Waals surface area contributed by atoms with E-state index in [0.29, 0.717) is 10.0 Å². The summed E-state index contributed by atoms with van der Waals surface area (Å²) in [6, 6.07) is 14.0. The van der Waals surface area contributed by atoms with E-state index in [9.17, 15) is 0 Å². The SMILES string of the molecule is Cc1cccc(-n2nc(-c3ccc(Cl)cc3Cl)c3c2NCCCC3)c1. The lowest BCUT2D eigenvalue weighted by Gasteiger charge is -2.09. The highest BCUT2D eigenvalue weighted by atomic mass is 35.5. The summed E-state index contributed by atoms with van der Waals surface area (Å²) in [5.74, 6) is 1.07. The molecule has 0 unspecified atom stereocenters. The Hall–Kier alpha value is -1.97. The summed E-state index contributed by atoms with van der Waals surface area (Å²) >= 11 is 12.5. The van der Waals surface area contributed by atoms with Crippen LogP contribution in [0.5, 0.6) is 0 Å². The minimum absolute atomic E-state index is 0.633. The zero-order valence-electron chi connectivity index (χ0n) is 14.0. The van der Waals surface area contributed by atoms with Crippen LogP contribution in [0.25, 0.3) is 16.9 Å². The van der Waals surface area contributed by atoms with Crippen molar-refractivity contribution in [1.29, 1.82) is 0 Å². The van der Waals surface area contributed by atoms with Crippen LogP contribution in [0.3, 0.4) is 0 Å². The fourth-order valence-electron chi connectivity index (χ4n) is 3.35. The van der Waals surface area contributed by atoms with E-state index in [1.54, 1.807) is 6.07 Å². The second kappa shape index (κ2) is 6.74. The first-order chi connectivity index (χ1) is 12.1. The van der Waals surface area contributed by atoms with Gasteiger partial charge in [-0.3, -0.25) is 0 Å². The number of anilines is 1. The van der Waals surface area contributed by atoms with E-state index in [1.165, 1.54) is 11.1 Å². The van der Waals surface area contributed by atoms with E-state index in [4.69, 9.17) is 28.3 Å². The number of hydrogen-bond acceptors (Lipinski definition) is 2. The van der Waals surface area contributed by atoms with Crippen molar-refractivity contribution in [2.45, 2.75) is 26.2 Å². The Kier molecular flexibility index (Phi) is 4.45. The number of halogens is 2. The molecule has 0 bridgehead atoms. The molecule has 1 aliphatic rings. The number of hydrogen-bond donors (Lipinski definition) is 1. The summed E-state index contributed by atoms with van der Waals surface area (Å²) in [6.07, 6.45) is 3.27. The summed E-state index contributed by atoms with van der Waals surface area (Å²) in [5, 5.41) is 9.76. The van der Waals surface area contributed by atoms with Crippen LogP contribution in [0.15, 0.2) is 42.5 Å². The summed E-state index contributed by atoms with van der Waals surface area (Å²) in [7, 11) is 0. The first-order valence-electron chi connectivity index (χ1n) is 8.52. The highest BCUT2D eigenvalue weighted by molar-refractivity contribution is 6.36. The number of fused-ring (bicyclic) bond motifs is 1. The van der Waals surface area contributed by atoms with E-state index in [2.05, 4.69) is 36.5 Å². The van der Waals surface area contributed by atoms with Crippen LogP contribution < -0.4 is 5.32 Å². The van der Waals surface area contributed by atoms with Crippen molar-refractivity contribution in [1.82, 2.24) is 9.78 Å². The quantitative estimate of drug-likeness (QED) is 0.607. The number of aryl methyl sites for hydroxylation is 1. The van der Waals surface area contributed by atoms with E-state index in [0.717, 1.165) is 48.6 Å². The first kappa shape index (κ1) is 16.5. The molecule has 0 saturated carbocycles. The number of nitrogens with zero attached hydrogens (tertiary/aromatic N) is 2. The van der Waals surface area contributed by atoms with Crippen molar-refractivity contribution in [2.24, 2.45) is 0 Å². The molecule has 0 atom stereocenters. The molecule has 1 N–H and O–H groups in total. The van der Waals surface area contributed by atoms with Crippen molar-refractivity contribution in [3.05, 3.63) is 63.6 Å². The van der Waals surface area contributed by atoms with Gasteiger partial charge < -0.3 is 5.32 Å². The van der Waals surface area contributed by atoms with E-state index in [-0.39, 0.29) is 0 Å². The van der Waals surface area contributed by atoms with Crippen LogP contribution in [-0.4, -0.2) is 16.3 Å². The van der Waals surface area contributed by atoms with Gasteiger partial charge in [0.1, 0.15) is 5.82 Å². The standard InChI is InChI=1S/C20H19Cl2N3/c1-13-5-4-6-15(11-13)25-20-17(7-2-3-10-23-20)19(24-25)16-9-8-14(21)12-18(16)22/h4-6,8-9,11-12,23H,2-3,7,10H2,1H3. The number of benzene rings is 2. The summed E-state index contributed by atoms with van der Waals surface area (Å²) < 4.78 is 2.01. The van der Waals surface area contributed by atoms with Crippen molar-refractivity contribution in [3.8, 4) is 16.9 Å². The highest BCUT2D eigenvalue weighted by Gasteiger charge is 2.23. The minimum atomic E-state index is 0.633. The second-order valence-electron chi connectivity index (χ2n) is 6.43. The van der Waals surface area contributed by atoms with Crippen molar-refractivity contribution >= 4 is 29.0 Å². The lowest BCUT2D eigenvalue weighted by Crippen LogP contribution is -2.07. The second-order valence-corrected chi connectivity index (χ2v) is 7.28. The third-order valence-electron chi connectivity index (χ3n) is 4.56. The third kappa shape index (κ3) is 3.14. The van der Waals surface area contributed by atoms with E-state index in [1.807, 2.05) is 16.8 Å². The van der Waals surface area contributed by atoms with Gasteiger partial charge in [0.2, 0.25) is 0 Å². The Morgan fingerprint density at radius 2 is 1.96 bits per heavy atom. The Morgan fingerprint density at radius 1 is 1.08 bits per heavy atom. The lowest BCUT2D eigenvalue weighted by atomic mass is 10.0. The van der Waals surface area contributed by atoms with Gasteiger partial charge in [-0.2, -0.15) is 5.10 Å². The van der Waals surface area contributed by atoms with E-state index < -0.39 is 0 Å². The van der Waals surface area contributed by atoms with Gasteiger partial charge in [-0.1, -0.05) is 35.3 Å². The highest BCUT2D eigenvalue weighted by Crippen LogP contribution is 2.37. The zero-order valence-corrected chi connectivity index (χ0v) is 15.5. The van der Waals surface area contributed by atoms with Crippen molar-refractivity contribution < 1.29 is 0 Å². The van der Waals surface area contributed by atoms with Crippen LogP contribution in [0.2, 0.25) is 10.0 Å². The molecule has 128 valence electrons. The maximum absolute atomic E-state index is 6.47. The van der Waals surface area contributed by atoms with Crippen molar-refractivity contribution in [3.63, 3.8) is 0 Å². The smallest absolute Gasteiger partial charge is 0.133 e. The van der Waals surface area contributed by atoms with Gasteiger partial charge in [0.05, 0.1) is 16.4 Å². The van der Waals surface area contributed by atoms with Gasteiger partial charge >= 0.3 is 0 Å². The minimum Gasteiger partial charge on any atom is -0.370 e. The van der Waals surface area contributed by atoms with Gasteiger partial charge in [0.25, 0.3) is 0 Å². The van der Waals surface area contributed by atoms with E-state index >= 15 is 0 Å². The molecule has 0 radical (unpaired) electrons.